The van der Waals surface area contributed by atoms with Gasteiger partial charge in [0.15, 0.2) is 0 Å². The van der Waals surface area contributed by atoms with Crippen molar-refractivity contribution < 1.29 is 5.21 Å². The minimum absolute atomic E-state index is 0.193. The first-order valence-corrected chi connectivity index (χ1v) is 6.05. The molecule has 1 aliphatic rings. The number of amidine groups is 1. The molecule has 1 fully saturated rings. The summed E-state index contributed by atoms with van der Waals surface area (Å²) in [6.45, 7) is 6.52. The molecule has 0 spiro atoms. The van der Waals surface area contributed by atoms with E-state index >= 15 is 0 Å². The van der Waals surface area contributed by atoms with E-state index in [1.165, 1.54) is 19.3 Å². The zero-order chi connectivity index (χ0) is 12.1. The lowest BCUT2D eigenvalue weighted by Crippen LogP contribution is -2.55. The number of hydrazine groups is 1. The standard InChI is InChI=1S/C11H24N4O/c1-8(7-11(12)14-16)13-15-9(2)5-4-6-10(15)3/h8-10,13,16H,4-7H2,1-3H3,(H2,12,14). The van der Waals surface area contributed by atoms with E-state index in [4.69, 9.17) is 10.9 Å². The lowest BCUT2D eigenvalue weighted by atomic mass is 9.99. The quantitative estimate of drug-likeness (QED) is 0.293. The highest BCUT2D eigenvalue weighted by Gasteiger charge is 2.25. The van der Waals surface area contributed by atoms with Crippen molar-refractivity contribution in [1.82, 2.24) is 10.4 Å². The fraction of sp³-hybridized carbons (Fsp3) is 0.909. The molecule has 0 aromatic heterocycles. The average Bonchev–Trinajstić information content (AvgIpc) is 2.23. The van der Waals surface area contributed by atoms with Crippen molar-refractivity contribution in [3.8, 4) is 0 Å². The summed E-state index contributed by atoms with van der Waals surface area (Å²) >= 11 is 0. The van der Waals surface area contributed by atoms with Gasteiger partial charge in [0, 0.05) is 24.5 Å². The van der Waals surface area contributed by atoms with Crippen LogP contribution in [0, 0.1) is 0 Å². The topological polar surface area (TPSA) is 73.9 Å². The number of hydrogen-bond acceptors (Lipinski definition) is 4. The molecule has 1 aliphatic heterocycles. The van der Waals surface area contributed by atoms with Crippen LogP contribution in [0.2, 0.25) is 0 Å². The van der Waals surface area contributed by atoms with Crippen LogP contribution in [-0.2, 0) is 0 Å². The Bertz CT molecular complexity index is 234. The Morgan fingerprint density at radius 3 is 2.56 bits per heavy atom. The molecule has 4 N–H and O–H groups in total. The second kappa shape index (κ2) is 6.06. The van der Waals surface area contributed by atoms with Gasteiger partial charge in [0.2, 0.25) is 0 Å². The van der Waals surface area contributed by atoms with E-state index < -0.39 is 0 Å². The summed E-state index contributed by atoms with van der Waals surface area (Å²) < 4.78 is 0. The molecule has 0 saturated carbocycles. The molecule has 0 aromatic rings. The first-order valence-electron chi connectivity index (χ1n) is 6.05. The van der Waals surface area contributed by atoms with Gasteiger partial charge in [0.1, 0.15) is 5.84 Å². The van der Waals surface area contributed by atoms with Gasteiger partial charge in [-0.3, -0.25) is 5.43 Å². The van der Waals surface area contributed by atoms with Gasteiger partial charge in [0.05, 0.1) is 0 Å². The highest BCUT2D eigenvalue weighted by molar-refractivity contribution is 5.80. The first kappa shape index (κ1) is 13.3. The minimum Gasteiger partial charge on any atom is -0.409 e. The summed E-state index contributed by atoms with van der Waals surface area (Å²) in [5.41, 5.74) is 8.93. The summed E-state index contributed by atoms with van der Waals surface area (Å²) in [6.07, 6.45) is 4.32. The van der Waals surface area contributed by atoms with Crippen LogP contribution in [0.5, 0.6) is 0 Å². The van der Waals surface area contributed by atoms with Crippen molar-refractivity contribution in [1.29, 1.82) is 0 Å². The van der Waals surface area contributed by atoms with Crippen LogP contribution >= 0.6 is 0 Å². The second-order valence-corrected chi connectivity index (χ2v) is 4.86. The molecule has 94 valence electrons. The Labute approximate surface area is 97.6 Å². The summed E-state index contributed by atoms with van der Waals surface area (Å²) in [5.74, 6) is 0.275. The van der Waals surface area contributed by atoms with Gasteiger partial charge >= 0.3 is 0 Å². The van der Waals surface area contributed by atoms with Crippen molar-refractivity contribution >= 4 is 5.84 Å². The smallest absolute Gasteiger partial charge is 0.140 e. The van der Waals surface area contributed by atoms with E-state index in [0.717, 1.165) is 0 Å². The Balaban J connectivity index is 2.44. The van der Waals surface area contributed by atoms with Crippen LogP contribution in [0.4, 0.5) is 0 Å². The zero-order valence-electron chi connectivity index (χ0n) is 10.5. The van der Waals surface area contributed by atoms with Crippen LogP contribution in [0.25, 0.3) is 0 Å². The molecule has 0 radical (unpaired) electrons. The van der Waals surface area contributed by atoms with Crippen LogP contribution in [0.15, 0.2) is 5.16 Å². The van der Waals surface area contributed by atoms with Gasteiger partial charge in [-0.15, -0.1) is 0 Å². The number of hydrogen-bond donors (Lipinski definition) is 3. The van der Waals surface area contributed by atoms with Gasteiger partial charge in [-0.25, -0.2) is 5.01 Å². The third-order valence-corrected chi connectivity index (χ3v) is 3.21. The Kier molecular flexibility index (Phi) is 5.02. The van der Waals surface area contributed by atoms with Gasteiger partial charge in [-0.2, -0.15) is 0 Å². The molecule has 1 heterocycles. The molecule has 5 heteroatoms. The summed E-state index contributed by atoms with van der Waals surface area (Å²) in [6, 6.07) is 1.30. The van der Waals surface area contributed by atoms with Crippen LogP contribution in [0.3, 0.4) is 0 Å². The Hall–Kier alpha value is -0.810. The average molecular weight is 228 g/mol. The second-order valence-electron chi connectivity index (χ2n) is 4.86. The lowest BCUT2D eigenvalue weighted by Gasteiger charge is -2.40. The number of oxime groups is 1. The van der Waals surface area contributed by atoms with Crippen LogP contribution in [0.1, 0.15) is 46.5 Å². The van der Waals surface area contributed by atoms with Crippen LogP contribution in [-0.4, -0.2) is 34.2 Å². The summed E-state index contributed by atoms with van der Waals surface area (Å²) in [4.78, 5) is 0. The normalized spacial score (nSPS) is 30.3. The maximum atomic E-state index is 8.52. The SMILES string of the molecule is CC(CC(N)=NO)NN1C(C)CCCC1C. The molecule has 0 bridgehead atoms. The monoisotopic (exact) mass is 228 g/mol. The summed E-state index contributed by atoms with van der Waals surface area (Å²) in [7, 11) is 0. The van der Waals surface area contributed by atoms with E-state index in [0.29, 0.717) is 18.5 Å². The van der Waals surface area contributed by atoms with Crippen molar-refractivity contribution in [2.45, 2.75) is 64.6 Å². The Morgan fingerprint density at radius 2 is 2.06 bits per heavy atom. The van der Waals surface area contributed by atoms with E-state index in [1.807, 2.05) is 6.92 Å². The number of nitrogens with one attached hydrogen (secondary N) is 1. The van der Waals surface area contributed by atoms with E-state index in [1.54, 1.807) is 0 Å². The van der Waals surface area contributed by atoms with E-state index in [-0.39, 0.29) is 11.9 Å². The summed E-state index contributed by atoms with van der Waals surface area (Å²) in [5, 5.41) is 13.8. The van der Waals surface area contributed by atoms with Gasteiger partial charge in [0.25, 0.3) is 0 Å². The lowest BCUT2D eigenvalue weighted by molar-refractivity contribution is 0.0332. The maximum Gasteiger partial charge on any atom is 0.140 e. The molecule has 1 rings (SSSR count). The number of nitrogens with zero attached hydrogens (tertiary/aromatic N) is 2. The van der Waals surface area contributed by atoms with Gasteiger partial charge in [-0.1, -0.05) is 11.6 Å². The van der Waals surface area contributed by atoms with Crippen molar-refractivity contribution in [2.75, 3.05) is 0 Å². The molecular formula is C11H24N4O. The molecule has 3 atom stereocenters. The largest absolute Gasteiger partial charge is 0.409 e. The van der Waals surface area contributed by atoms with Crippen molar-refractivity contribution in [3.05, 3.63) is 0 Å². The molecule has 1 saturated heterocycles. The fourth-order valence-corrected chi connectivity index (χ4v) is 2.33. The molecule has 0 aliphatic carbocycles. The highest BCUT2D eigenvalue weighted by atomic mass is 16.4. The zero-order valence-corrected chi connectivity index (χ0v) is 10.5. The predicted octanol–water partition coefficient (Wildman–Crippen LogP) is 1.28. The predicted molar refractivity (Wildman–Crippen MR) is 65.2 cm³/mol. The van der Waals surface area contributed by atoms with Gasteiger partial charge in [-0.05, 0) is 33.6 Å². The highest BCUT2D eigenvalue weighted by Crippen LogP contribution is 2.20. The fourth-order valence-electron chi connectivity index (χ4n) is 2.33. The molecule has 0 amide bonds. The molecular weight excluding hydrogens is 204 g/mol. The molecule has 16 heavy (non-hydrogen) atoms. The molecule has 0 aromatic carbocycles. The van der Waals surface area contributed by atoms with Gasteiger partial charge < -0.3 is 10.9 Å². The van der Waals surface area contributed by atoms with E-state index in [9.17, 15) is 0 Å². The number of piperidine rings is 1. The minimum atomic E-state index is 0.193. The molecule has 3 unspecified atom stereocenters. The molecule has 5 nitrogen and oxygen atoms in total. The van der Waals surface area contributed by atoms with Crippen LogP contribution < -0.4 is 11.2 Å². The maximum absolute atomic E-state index is 8.52. The van der Waals surface area contributed by atoms with E-state index in [2.05, 4.69) is 29.4 Å². The number of rotatable bonds is 4. The first-order chi connectivity index (χ1) is 7.54. The third-order valence-electron chi connectivity index (χ3n) is 3.21. The Morgan fingerprint density at radius 1 is 1.50 bits per heavy atom. The van der Waals surface area contributed by atoms with Crippen molar-refractivity contribution in [3.63, 3.8) is 0 Å². The third kappa shape index (κ3) is 3.64. The number of nitrogens with two attached hydrogens (primary N) is 1. The van der Waals surface area contributed by atoms with Crippen molar-refractivity contribution in [2.24, 2.45) is 10.9 Å².